The van der Waals surface area contributed by atoms with Gasteiger partial charge in [-0.1, -0.05) is 0 Å². The van der Waals surface area contributed by atoms with Gasteiger partial charge in [-0.2, -0.15) is 0 Å². The molecule has 1 saturated heterocycles. The number of amides is 2. The van der Waals surface area contributed by atoms with Crippen molar-refractivity contribution in [3.8, 4) is 5.75 Å². The number of aryl methyl sites for hydroxylation is 1. The van der Waals surface area contributed by atoms with Crippen LogP contribution >= 0.6 is 15.9 Å². The van der Waals surface area contributed by atoms with E-state index in [9.17, 15) is 9.59 Å². The van der Waals surface area contributed by atoms with Crippen LogP contribution < -0.4 is 15.4 Å². The normalized spacial score (nSPS) is 14.0. The molecular weight excluding hydrogens is 410 g/mol. The predicted octanol–water partition coefficient (Wildman–Crippen LogP) is 3.06. The second-order valence-electron chi connectivity index (χ2n) is 6.37. The first-order valence-electron chi connectivity index (χ1n) is 8.75. The topological polar surface area (TPSA) is 70.7 Å². The number of methoxy groups -OCH3 is 1. The van der Waals surface area contributed by atoms with Gasteiger partial charge < -0.3 is 20.3 Å². The Morgan fingerprint density at radius 1 is 1.15 bits per heavy atom. The fourth-order valence-corrected chi connectivity index (χ4v) is 3.41. The van der Waals surface area contributed by atoms with E-state index >= 15 is 0 Å². The van der Waals surface area contributed by atoms with Gasteiger partial charge in [0.15, 0.2) is 0 Å². The highest BCUT2D eigenvalue weighted by atomic mass is 79.9. The number of hydrogen-bond acceptors (Lipinski definition) is 4. The first kappa shape index (κ1) is 19.4. The molecule has 0 unspecified atom stereocenters. The molecule has 2 N–H and O–H groups in total. The lowest BCUT2D eigenvalue weighted by atomic mass is 10.1. The molecule has 1 aliphatic heterocycles. The van der Waals surface area contributed by atoms with Crippen LogP contribution in [0.5, 0.6) is 5.75 Å². The number of rotatable bonds is 4. The SMILES string of the molecule is COc1ccc(Br)c(C(=O)Nc2ccc(C(=O)N3CCNCC3)cc2C)c1. The second kappa shape index (κ2) is 8.54. The molecule has 142 valence electrons. The van der Waals surface area contributed by atoms with E-state index in [1.807, 2.05) is 17.9 Å². The van der Waals surface area contributed by atoms with E-state index in [-0.39, 0.29) is 11.8 Å². The Bertz CT molecular complexity index is 864. The molecule has 1 aliphatic rings. The maximum Gasteiger partial charge on any atom is 0.256 e. The molecule has 2 amide bonds. The number of benzene rings is 2. The summed E-state index contributed by atoms with van der Waals surface area (Å²) in [4.78, 5) is 27.1. The third-order valence-electron chi connectivity index (χ3n) is 4.54. The average Bonchev–Trinajstić information content (AvgIpc) is 2.70. The molecule has 0 radical (unpaired) electrons. The summed E-state index contributed by atoms with van der Waals surface area (Å²) in [6.07, 6.45) is 0. The summed E-state index contributed by atoms with van der Waals surface area (Å²) in [6, 6.07) is 10.6. The minimum absolute atomic E-state index is 0.0213. The number of ether oxygens (including phenoxy) is 1. The van der Waals surface area contributed by atoms with Gasteiger partial charge in [0.05, 0.1) is 12.7 Å². The standard InChI is InChI=1S/C20H22BrN3O3/c1-13-11-14(20(26)24-9-7-22-8-10-24)3-6-18(13)23-19(25)16-12-15(27-2)4-5-17(16)21/h3-6,11-12,22H,7-10H2,1-2H3,(H,23,25). The van der Waals surface area contributed by atoms with Crippen LogP contribution in [0.3, 0.4) is 0 Å². The summed E-state index contributed by atoms with van der Waals surface area (Å²) in [5, 5.41) is 6.14. The van der Waals surface area contributed by atoms with Crippen LogP contribution in [-0.4, -0.2) is 50.0 Å². The second-order valence-corrected chi connectivity index (χ2v) is 7.23. The van der Waals surface area contributed by atoms with Crippen LogP contribution in [-0.2, 0) is 0 Å². The number of carbonyl (C=O) groups excluding carboxylic acids is 2. The number of anilines is 1. The highest BCUT2D eigenvalue weighted by molar-refractivity contribution is 9.10. The van der Waals surface area contributed by atoms with Gasteiger partial charge in [-0.3, -0.25) is 9.59 Å². The summed E-state index contributed by atoms with van der Waals surface area (Å²) in [5.74, 6) is 0.384. The van der Waals surface area contributed by atoms with E-state index < -0.39 is 0 Å². The predicted molar refractivity (Wildman–Crippen MR) is 109 cm³/mol. The molecule has 1 fully saturated rings. The molecule has 7 heteroatoms. The van der Waals surface area contributed by atoms with Crippen molar-refractivity contribution in [1.82, 2.24) is 10.2 Å². The lowest BCUT2D eigenvalue weighted by Crippen LogP contribution is -2.46. The van der Waals surface area contributed by atoms with Gasteiger partial charge in [-0.25, -0.2) is 0 Å². The molecular formula is C20H22BrN3O3. The van der Waals surface area contributed by atoms with Crippen molar-refractivity contribution in [2.24, 2.45) is 0 Å². The Morgan fingerprint density at radius 3 is 2.56 bits per heavy atom. The van der Waals surface area contributed by atoms with Gasteiger partial charge in [-0.15, -0.1) is 0 Å². The van der Waals surface area contributed by atoms with Gasteiger partial charge >= 0.3 is 0 Å². The van der Waals surface area contributed by atoms with Crippen molar-refractivity contribution >= 4 is 33.4 Å². The highest BCUT2D eigenvalue weighted by Crippen LogP contribution is 2.25. The minimum Gasteiger partial charge on any atom is -0.497 e. The van der Waals surface area contributed by atoms with E-state index in [0.29, 0.717) is 40.1 Å². The Kier molecular flexibility index (Phi) is 6.13. The Labute approximate surface area is 167 Å². The monoisotopic (exact) mass is 431 g/mol. The summed E-state index contributed by atoms with van der Waals surface area (Å²) in [7, 11) is 1.56. The Balaban J connectivity index is 1.76. The lowest BCUT2D eigenvalue weighted by Gasteiger charge is -2.27. The largest absolute Gasteiger partial charge is 0.497 e. The molecule has 1 heterocycles. The van der Waals surface area contributed by atoms with Crippen LogP contribution in [0, 0.1) is 6.92 Å². The van der Waals surface area contributed by atoms with Gasteiger partial charge in [0.2, 0.25) is 0 Å². The van der Waals surface area contributed by atoms with Crippen LogP contribution in [0.4, 0.5) is 5.69 Å². The molecule has 27 heavy (non-hydrogen) atoms. The van der Waals surface area contributed by atoms with E-state index in [4.69, 9.17) is 4.74 Å². The maximum atomic E-state index is 12.6. The van der Waals surface area contributed by atoms with Gasteiger partial charge in [0, 0.05) is 41.9 Å². The third kappa shape index (κ3) is 4.48. The number of nitrogens with zero attached hydrogens (tertiary/aromatic N) is 1. The fraction of sp³-hybridized carbons (Fsp3) is 0.300. The number of piperazine rings is 1. The molecule has 0 atom stereocenters. The van der Waals surface area contributed by atoms with Crippen LogP contribution in [0.1, 0.15) is 26.3 Å². The first-order valence-corrected chi connectivity index (χ1v) is 9.54. The number of halogens is 1. The summed E-state index contributed by atoms with van der Waals surface area (Å²) in [6.45, 7) is 4.92. The molecule has 0 aromatic heterocycles. The summed E-state index contributed by atoms with van der Waals surface area (Å²) in [5.41, 5.74) is 2.62. The Morgan fingerprint density at radius 2 is 1.89 bits per heavy atom. The lowest BCUT2D eigenvalue weighted by molar-refractivity contribution is 0.0735. The molecule has 6 nitrogen and oxygen atoms in total. The summed E-state index contributed by atoms with van der Waals surface area (Å²) < 4.78 is 5.87. The highest BCUT2D eigenvalue weighted by Gasteiger charge is 2.19. The van der Waals surface area contributed by atoms with Crippen molar-refractivity contribution < 1.29 is 14.3 Å². The van der Waals surface area contributed by atoms with Crippen molar-refractivity contribution in [2.75, 3.05) is 38.6 Å². The van der Waals surface area contributed by atoms with Crippen molar-refractivity contribution in [3.05, 3.63) is 57.6 Å². The zero-order chi connectivity index (χ0) is 19.4. The summed E-state index contributed by atoms with van der Waals surface area (Å²) >= 11 is 3.40. The van der Waals surface area contributed by atoms with Crippen LogP contribution in [0.25, 0.3) is 0 Å². The smallest absolute Gasteiger partial charge is 0.256 e. The fourth-order valence-electron chi connectivity index (χ4n) is 2.98. The number of carbonyl (C=O) groups is 2. The number of nitrogens with one attached hydrogen (secondary N) is 2. The molecule has 2 aromatic carbocycles. The van der Waals surface area contributed by atoms with Gasteiger partial charge in [0.25, 0.3) is 11.8 Å². The molecule has 0 spiro atoms. The zero-order valence-electron chi connectivity index (χ0n) is 15.3. The quantitative estimate of drug-likeness (QED) is 0.780. The Hall–Kier alpha value is -2.38. The molecule has 2 aromatic rings. The van der Waals surface area contributed by atoms with Crippen molar-refractivity contribution in [3.63, 3.8) is 0 Å². The van der Waals surface area contributed by atoms with E-state index in [1.165, 1.54) is 0 Å². The van der Waals surface area contributed by atoms with Crippen molar-refractivity contribution in [1.29, 1.82) is 0 Å². The van der Waals surface area contributed by atoms with Crippen molar-refractivity contribution in [2.45, 2.75) is 6.92 Å². The molecule has 3 rings (SSSR count). The molecule has 0 bridgehead atoms. The third-order valence-corrected chi connectivity index (χ3v) is 5.24. The van der Waals surface area contributed by atoms with E-state index in [2.05, 4.69) is 26.6 Å². The molecule has 0 aliphatic carbocycles. The van der Waals surface area contributed by atoms with Gasteiger partial charge in [-0.05, 0) is 64.8 Å². The number of hydrogen-bond donors (Lipinski definition) is 2. The maximum absolute atomic E-state index is 12.6. The first-order chi connectivity index (χ1) is 13.0. The van der Waals surface area contributed by atoms with E-state index in [0.717, 1.165) is 18.7 Å². The van der Waals surface area contributed by atoms with Crippen LogP contribution in [0.2, 0.25) is 0 Å². The van der Waals surface area contributed by atoms with Gasteiger partial charge in [0.1, 0.15) is 5.75 Å². The zero-order valence-corrected chi connectivity index (χ0v) is 16.9. The minimum atomic E-state index is -0.245. The molecule has 0 saturated carbocycles. The average molecular weight is 432 g/mol. The van der Waals surface area contributed by atoms with Crippen LogP contribution in [0.15, 0.2) is 40.9 Å². The van der Waals surface area contributed by atoms with E-state index in [1.54, 1.807) is 37.4 Å².